The maximum atomic E-state index is 12.4. The largest absolute Gasteiger partial charge is 0.369 e. The van der Waals surface area contributed by atoms with Crippen molar-refractivity contribution in [3.63, 3.8) is 0 Å². The first-order chi connectivity index (χ1) is 13.2. The Bertz CT molecular complexity index is 820. The molecule has 1 amide bonds. The number of piperazine rings is 1. The van der Waals surface area contributed by atoms with Crippen LogP contribution in [-0.2, 0) is 0 Å². The maximum Gasteiger partial charge on any atom is 0.270 e. The lowest BCUT2D eigenvalue weighted by Gasteiger charge is -2.34. The molecule has 1 saturated heterocycles. The van der Waals surface area contributed by atoms with Crippen LogP contribution in [0.15, 0.2) is 30.3 Å². The van der Waals surface area contributed by atoms with Gasteiger partial charge in [0.2, 0.25) is 5.95 Å². The van der Waals surface area contributed by atoms with Crippen molar-refractivity contribution >= 4 is 23.2 Å². The van der Waals surface area contributed by atoms with Gasteiger partial charge in [-0.2, -0.15) is 0 Å². The molecule has 0 bridgehead atoms. The second-order valence-corrected chi connectivity index (χ2v) is 8.38. The summed E-state index contributed by atoms with van der Waals surface area (Å²) in [5, 5.41) is 6.15. The lowest BCUT2D eigenvalue weighted by atomic mass is 10.1. The Kier molecular flexibility index (Phi) is 5.84. The van der Waals surface area contributed by atoms with Crippen LogP contribution in [0, 0.1) is 6.92 Å². The summed E-state index contributed by atoms with van der Waals surface area (Å²) in [6.07, 6.45) is 0. The van der Waals surface area contributed by atoms with Crippen molar-refractivity contribution < 1.29 is 4.79 Å². The highest BCUT2D eigenvalue weighted by Gasteiger charge is 2.18. The number of likely N-dealkylation sites (N-methyl/N-ethyl adjacent to an activating group) is 1. The van der Waals surface area contributed by atoms with Crippen LogP contribution in [0.4, 0.5) is 17.3 Å². The molecule has 150 valence electrons. The lowest BCUT2D eigenvalue weighted by Crippen LogP contribution is -2.44. The fraction of sp³-hybridized carbons (Fsp3) is 0.476. The van der Waals surface area contributed by atoms with Gasteiger partial charge in [0.15, 0.2) is 0 Å². The van der Waals surface area contributed by atoms with Gasteiger partial charge in [-0.3, -0.25) is 4.79 Å². The Morgan fingerprint density at radius 3 is 2.29 bits per heavy atom. The van der Waals surface area contributed by atoms with Gasteiger partial charge in [0.25, 0.3) is 5.91 Å². The second kappa shape index (κ2) is 8.14. The third kappa shape index (κ3) is 5.42. The van der Waals surface area contributed by atoms with E-state index in [9.17, 15) is 4.79 Å². The van der Waals surface area contributed by atoms with Crippen molar-refractivity contribution in [2.75, 3.05) is 43.4 Å². The highest BCUT2D eigenvalue weighted by atomic mass is 16.2. The molecule has 1 fully saturated rings. The summed E-state index contributed by atoms with van der Waals surface area (Å²) in [4.78, 5) is 25.9. The maximum absolute atomic E-state index is 12.4. The molecular weight excluding hydrogens is 352 g/mol. The summed E-state index contributed by atoms with van der Waals surface area (Å²) >= 11 is 0. The van der Waals surface area contributed by atoms with E-state index < -0.39 is 0 Å². The quantitative estimate of drug-likeness (QED) is 0.847. The molecule has 0 atom stereocenters. The normalized spacial score (nSPS) is 15.4. The number of carbonyl (C=O) groups excluding carboxylic acids is 1. The van der Waals surface area contributed by atoms with Crippen molar-refractivity contribution in [2.45, 2.75) is 33.2 Å². The van der Waals surface area contributed by atoms with Crippen LogP contribution in [0.1, 0.15) is 37.0 Å². The van der Waals surface area contributed by atoms with E-state index in [1.54, 1.807) is 6.07 Å². The fourth-order valence-corrected chi connectivity index (χ4v) is 3.09. The molecule has 2 N–H and O–H groups in total. The minimum atomic E-state index is -0.317. The lowest BCUT2D eigenvalue weighted by molar-refractivity contribution is 0.0914. The summed E-state index contributed by atoms with van der Waals surface area (Å²) in [7, 11) is 2.15. The first-order valence-electron chi connectivity index (χ1n) is 9.68. The van der Waals surface area contributed by atoms with E-state index in [0.717, 1.165) is 37.6 Å². The van der Waals surface area contributed by atoms with Crippen LogP contribution in [0.25, 0.3) is 0 Å². The Hall–Kier alpha value is -2.67. The van der Waals surface area contributed by atoms with Crippen LogP contribution in [0.3, 0.4) is 0 Å². The molecular formula is C21H30N6O. The number of amides is 1. The van der Waals surface area contributed by atoms with Gasteiger partial charge in [-0.15, -0.1) is 0 Å². The van der Waals surface area contributed by atoms with Crippen molar-refractivity contribution in [3.8, 4) is 0 Å². The SMILES string of the molecule is Cc1cc(C(=O)NC(C)(C)C)nc(Nc2ccc(N3CCN(C)CC3)cc2)n1. The number of rotatable bonds is 4. The highest BCUT2D eigenvalue weighted by Crippen LogP contribution is 2.21. The average Bonchev–Trinajstić information content (AvgIpc) is 2.61. The van der Waals surface area contributed by atoms with E-state index in [1.165, 1.54) is 5.69 Å². The standard InChI is InChI=1S/C21H30N6O/c1-15-14-18(19(28)25-21(2,3)4)24-20(22-15)23-16-6-8-17(9-7-16)27-12-10-26(5)11-13-27/h6-9,14H,10-13H2,1-5H3,(H,25,28)(H,22,23,24). The van der Waals surface area contributed by atoms with E-state index in [2.05, 4.69) is 49.6 Å². The summed E-state index contributed by atoms with van der Waals surface area (Å²) in [5.41, 5.74) is 2.90. The van der Waals surface area contributed by atoms with Gasteiger partial charge < -0.3 is 20.4 Å². The van der Waals surface area contributed by atoms with Crippen LogP contribution in [0.5, 0.6) is 0 Å². The monoisotopic (exact) mass is 382 g/mol. The Morgan fingerprint density at radius 1 is 1.04 bits per heavy atom. The number of hydrogen-bond acceptors (Lipinski definition) is 6. The first kappa shape index (κ1) is 20.1. The Balaban J connectivity index is 1.70. The molecule has 1 aliphatic rings. The molecule has 0 unspecified atom stereocenters. The number of hydrogen-bond donors (Lipinski definition) is 2. The van der Waals surface area contributed by atoms with Gasteiger partial charge in [0.05, 0.1) is 0 Å². The van der Waals surface area contributed by atoms with Crippen LogP contribution >= 0.6 is 0 Å². The predicted octanol–water partition coefficient (Wildman–Crippen LogP) is 2.81. The molecule has 1 aromatic heterocycles. The van der Waals surface area contributed by atoms with Crippen molar-refractivity contribution in [1.82, 2.24) is 20.2 Å². The molecule has 28 heavy (non-hydrogen) atoms. The van der Waals surface area contributed by atoms with Gasteiger partial charge in [0.1, 0.15) is 5.69 Å². The predicted molar refractivity (Wildman–Crippen MR) is 113 cm³/mol. The van der Waals surface area contributed by atoms with E-state index in [0.29, 0.717) is 11.6 Å². The smallest absolute Gasteiger partial charge is 0.270 e. The molecule has 0 radical (unpaired) electrons. The molecule has 1 aromatic carbocycles. The topological polar surface area (TPSA) is 73.4 Å². The first-order valence-corrected chi connectivity index (χ1v) is 9.68. The fourth-order valence-electron chi connectivity index (χ4n) is 3.09. The molecule has 0 saturated carbocycles. The number of nitrogens with zero attached hydrogens (tertiary/aromatic N) is 4. The van der Waals surface area contributed by atoms with Crippen molar-refractivity contribution in [1.29, 1.82) is 0 Å². The van der Waals surface area contributed by atoms with Gasteiger partial charge in [-0.05, 0) is 65.1 Å². The third-order valence-electron chi connectivity index (χ3n) is 4.57. The third-order valence-corrected chi connectivity index (χ3v) is 4.57. The van der Waals surface area contributed by atoms with Gasteiger partial charge in [0, 0.05) is 48.8 Å². The van der Waals surface area contributed by atoms with E-state index in [1.807, 2.05) is 39.8 Å². The summed E-state index contributed by atoms with van der Waals surface area (Å²) in [6.45, 7) is 11.9. The van der Waals surface area contributed by atoms with E-state index in [4.69, 9.17) is 0 Å². The number of anilines is 3. The van der Waals surface area contributed by atoms with Crippen LogP contribution in [0.2, 0.25) is 0 Å². The van der Waals surface area contributed by atoms with Crippen molar-refractivity contribution in [3.05, 3.63) is 41.7 Å². The van der Waals surface area contributed by atoms with Crippen LogP contribution in [-0.4, -0.2) is 59.5 Å². The molecule has 7 heteroatoms. The molecule has 3 rings (SSSR count). The molecule has 0 aliphatic carbocycles. The second-order valence-electron chi connectivity index (χ2n) is 8.38. The summed E-state index contributed by atoms with van der Waals surface area (Å²) < 4.78 is 0. The number of benzene rings is 1. The van der Waals surface area contributed by atoms with E-state index >= 15 is 0 Å². The summed E-state index contributed by atoms with van der Waals surface area (Å²) in [5.74, 6) is 0.220. The number of nitrogens with one attached hydrogen (secondary N) is 2. The minimum Gasteiger partial charge on any atom is -0.369 e. The van der Waals surface area contributed by atoms with Gasteiger partial charge in [-0.1, -0.05) is 0 Å². The van der Waals surface area contributed by atoms with Crippen molar-refractivity contribution in [2.24, 2.45) is 0 Å². The summed E-state index contributed by atoms with van der Waals surface area (Å²) in [6, 6.07) is 9.96. The zero-order chi connectivity index (χ0) is 20.3. The van der Waals surface area contributed by atoms with Crippen LogP contribution < -0.4 is 15.5 Å². The van der Waals surface area contributed by atoms with Gasteiger partial charge >= 0.3 is 0 Å². The minimum absolute atomic E-state index is 0.202. The van der Waals surface area contributed by atoms with Gasteiger partial charge in [-0.25, -0.2) is 9.97 Å². The zero-order valence-corrected chi connectivity index (χ0v) is 17.4. The molecule has 2 heterocycles. The molecule has 2 aromatic rings. The molecule has 1 aliphatic heterocycles. The molecule has 0 spiro atoms. The van der Waals surface area contributed by atoms with E-state index in [-0.39, 0.29) is 11.4 Å². The highest BCUT2D eigenvalue weighted by molar-refractivity contribution is 5.93. The number of aryl methyl sites for hydroxylation is 1. The Labute approximate surface area is 167 Å². The zero-order valence-electron chi connectivity index (χ0n) is 17.4. The number of carbonyl (C=O) groups is 1. The number of aromatic nitrogens is 2. The molecule has 7 nitrogen and oxygen atoms in total. The Morgan fingerprint density at radius 2 is 1.68 bits per heavy atom. The average molecular weight is 383 g/mol.